The third-order valence-corrected chi connectivity index (χ3v) is 6.23. The average molecular weight is 605 g/mol. The molecule has 0 fully saturated rings. The molecule has 3 rings (SSSR count). The Kier molecular flexibility index (Phi) is 10.1. The normalized spacial score (nSPS) is 14.8. The van der Waals surface area contributed by atoms with Crippen LogP contribution in [0.5, 0.6) is 23.0 Å². The fourth-order valence-electron chi connectivity index (χ4n) is 3.72. The Labute approximate surface area is 233 Å². The summed E-state index contributed by atoms with van der Waals surface area (Å²) in [6, 6.07) is 7.06. The molecular weight excluding hydrogens is 576 g/mol. The van der Waals surface area contributed by atoms with E-state index in [0.717, 1.165) is 0 Å². The highest BCUT2D eigenvalue weighted by molar-refractivity contribution is 9.10. The molecule has 0 spiro atoms. The van der Waals surface area contributed by atoms with Gasteiger partial charge in [-0.05, 0) is 59.6 Å². The van der Waals surface area contributed by atoms with Crippen LogP contribution >= 0.6 is 15.9 Å². The number of hydrogen-bond acceptors (Lipinski definition) is 9. The number of hydrazone groups is 1. The first-order valence-corrected chi connectivity index (χ1v) is 12.5. The minimum absolute atomic E-state index is 0.185. The minimum Gasteiger partial charge on any atom is -0.493 e. The standard InChI is InChI=1S/C26H29BrN4O8/c1-6-38-25(33)23-14(2)29-26(34)30-24(23)15-7-8-18(19(9-15)35-3)39-13-22(32)31-28-12-16-10-20(36-4)21(37-5)11-17(16)27/h7-12,24H,6,13H2,1-5H3,(H,31,32)(H2,29,30,34)/b28-12-/t24-/m0/s1. The van der Waals surface area contributed by atoms with Crippen molar-refractivity contribution in [2.75, 3.05) is 34.5 Å². The maximum atomic E-state index is 12.6. The smallest absolute Gasteiger partial charge is 0.338 e. The van der Waals surface area contributed by atoms with Crippen LogP contribution in [0.1, 0.15) is 31.0 Å². The van der Waals surface area contributed by atoms with E-state index in [1.165, 1.54) is 27.5 Å². The molecule has 0 bridgehead atoms. The van der Waals surface area contributed by atoms with Crippen LogP contribution in [0.3, 0.4) is 0 Å². The summed E-state index contributed by atoms with van der Waals surface area (Å²) in [6.07, 6.45) is 1.45. The van der Waals surface area contributed by atoms with Crippen molar-refractivity contribution in [2.24, 2.45) is 5.10 Å². The van der Waals surface area contributed by atoms with Gasteiger partial charge in [-0.15, -0.1) is 0 Å². The van der Waals surface area contributed by atoms with Gasteiger partial charge in [0, 0.05) is 15.7 Å². The molecule has 1 aliphatic heterocycles. The second kappa shape index (κ2) is 13.5. The van der Waals surface area contributed by atoms with Gasteiger partial charge in [0.1, 0.15) is 0 Å². The summed E-state index contributed by atoms with van der Waals surface area (Å²) >= 11 is 3.42. The molecule has 1 aliphatic rings. The van der Waals surface area contributed by atoms with Crippen LogP contribution in [0.15, 0.2) is 51.2 Å². The Balaban J connectivity index is 1.69. The number of ether oxygens (including phenoxy) is 5. The number of esters is 1. The lowest BCUT2D eigenvalue weighted by Gasteiger charge is -2.28. The molecular formula is C26H29BrN4O8. The lowest BCUT2D eigenvalue weighted by Crippen LogP contribution is -2.45. The fraction of sp³-hybridized carbons (Fsp3) is 0.308. The Morgan fingerprint density at radius 2 is 1.72 bits per heavy atom. The van der Waals surface area contributed by atoms with Crippen molar-refractivity contribution in [1.29, 1.82) is 0 Å². The summed E-state index contributed by atoms with van der Waals surface area (Å²) in [6.45, 7) is 3.16. The van der Waals surface area contributed by atoms with E-state index in [1.54, 1.807) is 44.2 Å². The highest BCUT2D eigenvalue weighted by Crippen LogP contribution is 2.35. The highest BCUT2D eigenvalue weighted by Gasteiger charge is 2.32. The van der Waals surface area contributed by atoms with Gasteiger partial charge in [0.25, 0.3) is 5.91 Å². The van der Waals surface area contributed by atoms with Crippen LogP contribution in [-0.4, -0.2) is 58.7 Å². The first-order chi connectivity index (χ1) is 18.7. The van der Waals surface area contributed by atoms with Gasteiger partial charge in [-0.1, -0.05) is 6.07 Å². The summed E-state index contributed by atoms with van der Waals surface area (Å²) in [5.41, 5.74) is 4.27. The number of hydrogen-bond donors (Lipinski definition) is 3. The third kappa shape index (κ3) is 7.19. The summed E-state index contributed by atoms with van der Waals surface area (Å²) < 4.78 is 27.4. The Bertz CT molecular complexity index is 1310. The number of urea groups is 1. The molecule has 3 N–H and O–H groups in total. The number of carbonyl (C=O) groups excluding carboxylic acids is 3. The van der Waals surface area contributed by atoms with E-state index < -0.39 is 23.9 Å². The Morgan fingerprint density at radius 1 is 1.05 bits per heavy atom. The van der Waals surface area contributed by atoms with Crippen molar-refractivity contribution in [2.45, 2.75) is 19.9 Å². The molecule has 0 saturated heterocycles. The second-order valence-electron chi connectivity index (χ2n) is 8.01. The number of methoxy groups -OCH3 is 3. The first-order valence-electron chi connectivity index (χ1n) is 11.7. The number of amides is 3. The van der Waals surface area contributed by atoms with E-state index in [9.17, 15) is 14.4 Å². The van der Waals surface area contributed by atoms with Crippen molar-refractivity contribution < 1.29 is 38.1 Å². The number of rotatable bonds is 11. The molecule has 39 heavy (non-hydrogen) atoms. The van der Waals surface area contributed by atoms with Crippen LogP contribution in [0, 0.1) is 0 Å². The predicted molar refractivity (Wildman–Crippen MR) is 145 cm³/mol. The summed E-state index contributed by atoms with van der Waals surface area (Å²) in [5, 5.41) is 9.27. The van der Waals surface area contributed by atoms with E-state index in [0.29, 0.717) is 38.5 Å². The van der Waals surface area contributed by atoms with Crippen LogP contribution in [0.2, 0.25) is 0 Å². The Morgan fingerprint density at radius 3 is 2.38 bits per heavy atom. The van der Waals surface area contributed by atoms with Gasteiger partial charge in [-0.2, -0.15) is 5.10 Å². The monoisotopic (exact) mass is 604 g/mol. The van der Waals surface area contributed by atoms with Crippen molar-refractivity contribution >= 4 is 40.1 Å². The molecule has 2 aromatic carbocycles. The van der Waals surface area contributed by atoms with Gasteiger partial charge in [0.2, 0.25) is 0 Å². The van der Waals surface area contributed by atoms with Gasteiger partial charge in [0.15, 0.2) is 29.6 Å². The van der Waals surface area contributed by atoms with Crippen LogP contribution in [-0.2, 0) is 14.3 Å². The zero-order valence-electron chi connectivity index (χ0n) is 22.0. The Hall–Kier alpha value is -4.26. The molecule has 3 amide bonds. The molecule has 12 nitrogen and oxygen atoms in total. The molecule has 0 aliphatic carbocycles. The van der Waals surface area contributed by atoms with Crippen LogP contribution < -0.4 is 35.0 Å². The number of carbonyl (C=O) groups is 3. The third-order valence-electron chi connectivity index (χ3n) is 5.54. The quantitative estimate of drug-likeness (QED) is 0.201. The first kappa shape index (κ1) is 29.3. The highest BCUT2D eigenvalue weighted by atomic mass is 79.9. The van der Waals surface area contributed by atoms with Gasteiger partial charge in [-0.3, -0.25) is 4.79 Å². The fourth-order valence-corrected chi connectivity index (χ4v) is 4.15. The lowest BCUT2D eigenvalue weighted by atomic mass is 9.95. The van der Waals surface area contributed by atoms with E-state index in [-0.39, 0.29) is 24.5 Å². The number of halogens is 1. The predicted octanol–water partition coefficient (Wildman–Crippen LogP) is 3.20. The van der Waals surface area contributed by atoms with E-state index in [4.69, 9.17) is 23.7 Å². The average Bonchev–Trinajstić information content (AvgIpc) is 2.92. The molecule has 208 valence electrons. The molecule has 1 heterocycles. The van der Waals surface area contributed by atoms with E-state index in [2.05, 4.69) is 37.1 Å². The zero-order valence-corrected chi connectivity index (χ0v) is 23.6. The number of allylic oxidation sites excluding steroid dienone is 1. The van der Waals surface area contributed by atoms with Gasteiger partial charge < -0.3 is 34.3 Å². The summed E-state index contributed by atoms with van der Waals surface area (Å²) in [4.78, 5) is 37.0. The SMILES string of the molecule is CCOC(=O)C1=C(C)NC(=O)N[C@H]1c1ccc(OCC(=O)N/N=C\c2cc(OC)c(OC)cc2Br)c(OC)c1. The molecule has 13 heteroatoms. The minimum atomic E-state index is -0.769. The molecule has 0 aromatic heterocycles. The van der Waals surface area contributed by atoms with Crippen molar-refractivity contribution in [3.05, 3.63) is 57.2 Å². The zero-order chi connectivity index (χ0) is 28.5. The van der Waals surface area contributed by atoms with Crippen LogP contribution in [0.25, 0.3) is 0 Å². The maximum absolute atomic E-state index is 12.6. The molecule has 0 saturated carbocycles. The number of benzene rings is 2. The van der Waals surface area contributed by atoms with Crippen molar-refractivity contribution in [3.63, 3.8) is 0 Å². The van der Waals surface area contributed by atoms with E-state index in [1.807, 2.05) is 0 Å². The van der Waals surface area contributed by atoms with Gasteiger partial charge >= 0.3 is 12.0 Å². The second-order valence-corrected chi connectivity index (χ2v) is 8.87. The number of nitrogens with one attached hydrogen (secondary N) is 3. The largest absolute Gasteiger partial charge is 0.493 e. The summed E-state index contributed by atoms with van der Waals surface area (Å²) in [7, 11) is 4.49. The van der Waals surface area contributed by atoms with Crippen molar-refractivity contribution in [1.82, 2.24) is 16.1 Å². The molecule has 0 unspecified atom stereocenters. The van der Waals surface area contributed by atoms with E-state index >= 15 is 0 Å². The molecule has 1 atom stereocenters. The molecule has 2 aromatic rings. The summed E-state index contributed by atoms with van der Waals surface area (Å²) in [5.74, 6) is 0.571. The van der Waals surface area contributed by atoms with Crippen LogP contribution in [0.4, 0.5) is 4.79 Å². The number of nitrogens with zero attached hydrogens (tertiary/aromatic N) is 1. The van der Waals surface area contributed by atoms with Crippen molar-refractivity contribution in [3.8, 4) is 23.0 Å². The molecule has 0 radical (unpaired) electrons. The van der Waals surface area contributed by atoms with Gasteiger partial charge in [0.05, 0.1) is 45.8 Å². The topological polar surface area (TPSA) is 146 Å². The lowest BCUT2D eigenvalue weighted by molar-refractivity contribution is -0.139. The maximum Gasteiger partial charge on any atom is 0.338 e. The van der Waals surface area contributed by atoms with Gasteiger partial charge in [-0.25, -0.2) is 15.0 Å².